The van der Waals surface area contributed by atoms with Gasteiger partial charge in [0.05, 0.1) is 10.5 Å². The number of rotatable bonds is 6. The van der Waals surface area contributed by atoms with Crippen LogP contribution in [0.25, 0.3) is 0 Å². The molecule has 0 spiro atoms. The maximum absolute atomic E-state index is 14.4. The van der Waals surface area contributed by atoms with Gasteiger partial charge in [-0.25, -0.2) is 12.8 Å². The fraction of sp³-hybridized carbons (Fsp3) is 0.667. The second-order valence-corrected chi connectivity index (χ2v) is 10.6. The second kappa shape index (κ2) is 7.41. The Kier molecular flexibility index (Phi) is 5.25. The zero-order valence-corrected chi connectivity index (χ0v) is 17.3. The number of nitrogens with zero attached hydrogens (tertiary/aromatic N) is 1. The Morgan fingerprint density at radius 3 is 2.18 bits per heavy atom. The first-order valence-corrected chi connectivity index (χ1v) is 11.9. The molecule has 0 radical (unpaired) electrons. The molecular formula is C21H29FN2O3S. The molecule has 1 amide bonds. The fourth-order valence-corrected chi connectivity index (χ4v) is 7.43. The van der Waals surface area contributed by atoms with Gasteiger partial charge in [0.1, 0.15) is 5.82 Å². The van der Waals surface area contributed by atoms with Crippen LogP contribution < -0.4 is 5.32 Å². The van der Waals surface area contributed by atoms with Crippen LogP contribution in [-0.2, 0) is 10.0 Å². The summed E-state index contributed by atoms with van der Waals surface area (Å²) in [6.07, 6.45) is 5.93. The summed E-state index contributed by atoms with van der Waals surface area (Å²) in [5, 5.41) is 3.07. The van der Waals surface area contributed by atoms with Gasteiger partial charge in [-0.1, -0.05) is 13.8 Å². The van der Waals surface area contributed by atoms with Crippen LogP contribution in [0.15, 0.2) is 23.1 Å². The molecule has 5 nitrogen and oxygen atoms in total. The third-order valence-corrected chi connectivity index (χ3v) is 9.10. The molecule has 1 aromatic carbocycles. The summed E-state index contributed by atoms with van der Waals surface area (Å²) < 4.78 is 41.2. The third-order valence-electron chi connectivity index (χ3n) is 7.05. The highest BCUT2D eigenvalue weighted by molar-refractivity contribution is 7.89. The summed E-state index contributed by atoms with van der Waals surface area (Å²) in [4.78, 5) is 12.9. The van der Waals surface area contributed by atoms with Crippen molar-refractivity contribution in [1.29, 1.82) is 0 Å². The van der Waals surface area contributed by atoms with E-state index in [1.807, 2.05) is 0 Å². The van der Waals surface area contributed by atoms with Crippen molar-refractivity contribution >= 4 is 15.9 Å². The summed E-state index contributed by atoms with van der Waals surface area (Å²) in [5.74, 6) is 1.35. The summed E-state index contributed by atoms with van der Waals surface area (Å²) in [7, 11) is -3.74. The molecule has 28 heavy (non-hydrogen) atoms. The van der Waals surface area contributed by atoms with Gasteiger partial charge in [0.2, 0.25) is 10.0 Å². The first-order chi connectivity index (χ1) is 13.3. The standard InChI is InChI=1S/C21H29FN2O3S/c1-3-24(4-2)28(26,27)17-5-6-19(22)18(12-17)21(25)23-20-15-8-13-7-14(10-15)11-16(20)9-13/h5-6,12-16,20H,3-4,7-11H2,1-2H3,(H,23,25). The van der Waals surface area contributed by atoms with Gasteiger partial charge in [0, 0.05) is 19.1 Å². The van der Waals surface area contributed by atoms with Crippen LogP contribution in [0.4, 0.5) is 4.39 Å². The van der Waals surface area contributed by atoms with Crippen molar-refractivity contribution in [3.8, 4) is 0 Å². The van der Waals surface area contributed by atoms with Gasteiger partial charge in [0.15, 0.2) is 0 Å². The molecule has 1 N–H and O–H groups in total. The highest BCUT2D eigenvalue weighted by Gasteiger charge is 2.48. The number of benzene rings is 1. The van der Waals surface area contributed by atoms with E-state index in [1.165, 1.54) is 22.9 Å². The normalized spacial score (nSPS) is 31.4. The predicted molar refractivity (Wildman–Crippen MR) is 105 cm³/mol. The van der Waals surface area contributed by atoms with Crippen LogP contribution in [0.5, 0.6) is 0 Å². The van der Waals surface area contributed by atoms with Gasteiger partial charge >= 0.3 is 0 Å². The lowest BCUT2D eigenvalue weighted by Gasteiger charge is -2.54. The van der Waals surface area contributed by atoms with E-state index in [4.69, 9.17) is 0 Å². The lowest BCUT2D eigenvalue weighted by Crippen LogP contribution is -2.55. The molecule has 0 saturated heterocycles. The van der Waals surface area contributed by atoms with Crippen LogP contribution in [0, 0.1) is 29.5 Å². The van der Waals surface area contributed by atoms with Crippen molar-refractivity contribution in [3.63, 3.8) is 0 Å². The number of sulfonamides is 1. The number of carbonyl (C=O) groups excluding carboxylic acids is 1. The molecule has 0 aliphatic heterocycles. The molecule has 0 heterocycles. The number of carbonyl (C=O) groups is 1. The fourth-order valence-electron chi connectivity index (χ4n) is 5.94. The number of hydrogen-bond acceptors (Lipinski definition) is 3. The van der Waals surface area contributed by atoms with Crippen LogP contribution in [0.1, 0.15) is 56.3 Å². The van der Waals surface area contributed by atoms with Crippen LogP contribution in [0.2, 0.25) is 0 Å². The summed E-state index contributed by atoms with van der Waals surface area (Å²) in [5.41, 5.74) is -0.179. The molecule has 4 aliphatic rings. The molecule has 1 aromatic rings. The van der Waals surface area contributed by atoms with E-state index < -0.39 is 21.7 Å². The smallest absolute Gasteiger partial charge is 0.254 e. The molecule has 4 saturated carbocycles. The second-order valence-electron chi connectivity index (χ2n) is 8.66. The summed E-state index contributed by atoms with van der Waals surface area (Å²) in [6.45, 7) is 4.16. The zero-order chi connectivity index (χ0) is 20.1. The van der Waals surface area contributed by atoms with E-state index in [9.17, 15) is 17.6 Å². The molecule has 4 fully saturated rings. The first kappa shape index (κ1) is 19.8. The Labute approximate surface area is 166 Å². The molecule has 0 unspecified atom stereocenters. The Bertz CT molecular complexity index is 838. The van der Waals surface area contributed by atoms with E-state index in [1.54, 1.807) is 13.8 Å². The largest absolute Gasteiger partial charge is 0.349 e. The molecule has 154 valence electrons. The van der Waals surface area contributed by atoms with Gasteiger partial charge in [0.25, 0.3) is 5.91 Å². The van der Waals surface area contributed by atoms with Gasteiger partial charge < -0.3 is 5.32 Å². The topological polar surface area (TPSA) is 66.5 Å². The number of amides is 1. The lowest BCUT2D eigenvalue weighted by atomic mass is 9.54. The Morgan fingerprint density at radius 1 is 1.07 bits per heavy atom. The number of hydrogen-bond donors (Lipinski definition) is 1. The average Bonchev–Trinajstić information content (AvgIpc) is 2.65. The van der Waals surface area contributed by atoms with Crippen molar-refractivity contribution in [2.45, 2.75) is 56.9 Å². The SMILES string of the molecule is CCN(CC)S(=O)(=O)c1ccc(F)c(C(=O)NC2C3CC4CC(C3)CC2C4)c1. The molecular weight excluding hydrogens is 379 g/mol. The summed E-state index contributed by atoms with van der Waals surface area (Å²) in [6, 6.07) is 3.60. The quantitative estimate of drug-likeness (QED) is 0.784. The highest BCUT2D eigenvalue weighted by Crippen LogP contribution is 2.53. The molecule has 4 bridgehead atoms. The minimum atomic E-state index is -3.74. The van der Waals surface area contributed by atoms with E-state index in [0.717, 1.165) is 43.6 Å². The first-order valence-electron chi connectivity index (χ1n) is 10.4. The average molecular weight is 409 g/mol. The van der Waals surface area contributed by atoms with Crippen molar-refractivity contribution in [2.75, 3.05) is 13.1 Å². The molecule has 5 rings (SSSR count). The Morgan fingerprint density at radius 2 is 1.64 bits per heavy atom. The van der Waals surface area contributed by atoms with Gasteiger partial charge in [-0.05, 0) is 74.0 Å². The number of halogens is 1. The van der Waals surface area contributed by atoms with Gasteiger partial charge in [-0.3, -0.25) is 4.79 Å². The highest BCUT2D eigenvalue weighted by atomic mass is 32.2. The van der Waals surface area contributed by atoms with Crippen molar-refractivity contribution < 1.29 is 17.6 Å². The zero-order valence-electron chi connectivity index (χ0n) is 16.5. The molecule has 0 aromatic heterocycles. The van der Waals surface area contributed by atoms with E-state index in [0.29, 0.717) is 24.9 Å². The lowest BCUT2D eigenvalue weighted by molar-refractivity contribution is -0.0120. The third kappa shape index (κ3) is 3.36. The van der Waals surface area contributed by atoms with Gasteiger partial charge in [-0.2, -0.15) is 4.31 Å². The van der Waals surface area contributed by atoms with Crippen molar-refractivity contribution in [3.05, 3.63) is 29.6 Å². The Balaban J connectivity index is 1.56. The number of nitrogens with one attached hydrogen (secondary N) is 1. The Hall–Kier alpha value is -1.47. The van der Waals surface area contributed by atoms with E-state index in [2.05, 4.69) is 5.32 Å². The van der Waals surface area contributed by atoms with Gasteiger partial charge in [-0.15, -0.1) is 0 Å². The molecule has 7 heteroatoms. The van der Waals surface area contributed by atoms with Crippen LogP contribution in [-0.4, -0.2) is 37.8 Å². The van der Waals surface area contributed by atoms with Crippen molar-refractivity contribution in [2.24, 2.45) is 23.7 Å². The van der Waals surface area contributed by atoms with E-state index >= 15 is 0 Å². The minimum Gasteiger partial charge on any atom is -0.349 e. The predicted octanol–water partition coefficient (Wildman–Crippen LogP) is 3.41. The minimum absolute atomic E-state index is 0.0344. The maximum Gasteiger partial charge on any atom is 0.254 e. The summed E-state index contributed by atoms with van der Waals surface area (Å²) >= 11 is 0. The van der Waals surface area contributed by atoms with Crippen LogP contribution in [0.3, 0.4) is 0 Å². The molecule has 0 atom stereocenters. The maximum atomic E-state index is 14.4. The monoisotopic (exact) mass is 408 g/mol. The van der Waals surface area contributed by atoms with E-state index in [-0.39, 0.29) is 16.5 Å². The molecule has 4 aliphatic carbocycles. The van der Waals surface area contributed by atoms with Crippen molar-refractivity contribution in [1.82, 2.24) is 9.62 Å². The van der Waals surface area contributed by atoms with Crippen LogP contribution >= 0.6 is 0 Å².